The second-order valence-corrected chi connectivity index (χ2v) is 4.36. The van der Waals surface area contributed by atoms with E-state index in [2.05, 4.69) is 12.1 Å². The highest BCUT2D eigenvalue weighted by Crippen LogP contribution is 2.22. The van der Waals surface area contributed by atoms with E-state index in [9.17, 15) is 9.59 Å². The molecule has 0 aromatic rings. The molecule has 0 saturated heterocycles. The minimum absolute atomic E-state index is 0.00374. The van der Waals surface area contributed by atoms with Crippen LogP contribution in [0, 0.1) is 5.92 Å². The summed E-state index contributed by atoms with van der Waals surface area (Å²) >= 11 is 0. The van der Waals surface area contributed by atoms with Crippen LogP contribution in [0.4, 0.5) is 0 Å². The van der Waals surface area contributed by atoms with Gasteiger partial charge in [-0.15, -0.1) is 6.58 Å². The summed E-state index contributed by atoms with van der Waals surface area (Å²) in [5.74, 6) is -0.611. The molecule has 0 aromatic heterocycles. The normalized spacial score (nSPS) is 18.0. The summed E-state index contributed by atoms with van der Waals surface area (Å²) in [6.45, 7) is 9.30. The minimum atomic E-state index is -0.636. The van der Waals surface area contributed by atoms with Crippen LogP contribution in [0.3, 0.4) is 0 Å². The lowest BCUT2D eigenvalue weighted by atomic mass is 10.0. The molecule has 0 aromatic carbocycles. The van der Waals surface area contributed by atoms with Gasteiger partial charge < -0.3 is 4.74 Å². The number of hydrogen-bond acceptors (Lipinski definition) is 5. The van der Waals surface area contributed by atoms with Gasteiger partial charge in [-0.3, -0.25) is 15.1 Å². The van der Waals surface area contributed by atoms with E-state index in [-0.39, 0.29) is 23.9 Å². The molecule has 1 N–H and O–H groups in total. The first kappa shape index (κ1) is 15.2. The molecule has 1 aliphatic heterocycles. The largest absolute Gasteiger partial charge is 0.427 e. The number of hydrogen-bond donors (Lipinski definition) is 1. The molecular weight excluding hydrogens is 246 g/mol. The number of ketones is 1. The Morgan fingerprint density at radius 1 is 1.53 bits per heavy atom. The monoisotopic (exact) mass is 265 g/mol. The Morgan fingerprint density at radius 2 is 2.21 bits per heavy atom. The van der Waals surface area contributed by atoms with Gasteiger partial charge in [0.1, 0.15) is 11.3 Å². The Hall–Kier alpha value is -1.88. The van der Waals surface area contributed by atoms with Gasteiger partial charge in [0.15, 0.2) is 5.78 Å². The molecule has 0 amide bonds. The number of carbonyl (C=O) groups is 2. The van der Waals surface area contributed by atoms with Gasteiger partial charge in [-0.05, 0) is 6.42 Å². The topological polar surface area (TPSA) is 64.6 Å². The number of allylic oxidation sites excluding steroid dienone is 3. The predicted molar refractivity (Wildman–Crippen MR) is 70.6 cm³/mol. The molecule has 19 heavy (non-hydrogen) atoms. The van der Waals surface area contributed by atoms with E-state index < -0.39 is 5.97 Å². The molecule has 0 bridgehead atoms. The molecule has 0 unspecified atom stereocenters. The smallest absolute Gasteiger partial charge is 0.349 e. The van der Waals surface area contributed by atoms with Crippen LogP contribution in [0.15, 0.2) is 35.8 Å². The minimum Gasteiger partial charge on any atom is -0.427 e. The fraction of sp³-hybridized carbons (Fsp3) is 0.429. The average Bonchev–Trinajstić information content (AvgIpc) is 2.35. The third-order valence-corrected chi connectivity index (χ3v) is 2.56. The second-order valence-electron chi connectivity index (χ2n) is 4.36. The van der Waals surface area contributed by atoms with Crippen molar-refractivity contribution in [1.82, 2.24) is 5.48 Å². The van der Waals surface area contributed by atoms with Gasteiger partial charge in [0.05, 0.1) is 12.3 Å². The van der Waals surface area contributed by atoms with Crippen LogP contribution in [-0.2, 0) is 19.2 Å². The lowest BCUT2D eigenvalue weighted by molar-refractivity contribution is -0.138. The molecular formula is C14H19NO4. The summed E-state index contributed by atoms with van der Waals surface area (Å²) in [4.78, 5) is 29.0. The number of ether oxygens (including phenoxy) is 1. The van der Waals surface area contributed by atoms with E-state index in [1.807, 2.05) is 20.8 Å². The first-order valence-corrected chi connectivity index (χ1v) is 6.21. The van der Waals surface area contributed by atoms with Crippen molar-refractivity contribution in [2.24, 2.45) is 5.92 Å². The maximum atomic E-state index is 12.0. The van der Waals surface area contributed by atoms with E-state index in [0.717, 1.165) is 0 Å². The highest BCUT2D eigenvalue weighted by Gasteiger charge is 2.30. The van der Waals surface area contributed by atoms with Crippen molar-refractivity contribution in [3.05, 3.63) is 35.8 Å². The molecule has 0 aliphatic carbocycles. The fourth-order valence-corrected chi connectivity index (χ4v) is 1.53. The number of carbonyl (C=O) groups excluding carboxylic acids is 2. The van der Waals surface area contributed by atoms with E-state index in [0.29, 0.717) is 17.9 Å². The predicted octanol–water partition coefficient (Wildman–Crippen LogP) is 2.02. The van der Waals surface area contributed by atoms with Crippen molar-refractivity contribution in [2.75, 3.05) is 6.61 Å². The van der Waals surface area contributed by atoms with Crippen molar-refractivity contribution < 1.29 is 19.2 Å². The van der Waals surface area contributed by atoms with Crippen molar-refractivity contribution in [3.63, 3.8) is 0 Å². The molecule has 0 spiro atoms. The van der Waals surface area contributed by atoms with Gasteiger partial charge in [0.2, 0.25) is 0 Å². The summed E-state index contributed by atoms with van der Waals surface area (Å²) in [7, 11) is 0. The van der Waals surface area contributed by atoms with E-state index >= 15 is 0 Å². The van der Waals surface area contributed by atoms with Gasteiger partial charge in [-0.25, -0.2) is 4.79 Å². The second kappa shape index (κ2) is 6.89. The van der Waals surface area contributed by atoms with Crippen molar-refractivity contribution in [1.29, 1.82) is 0 Å². The Balaban J connectivity index is 3.00. The van der Waals surface area contributed by atoms with Gasteiger partial charge >= 0.3 is 5.97 Å². The van der Waals surface area contributed by atoms with Crippen molar-refractivity contribution >= 4 is 11.8 Å². The summed E-state index contributed by atoms with van der Waals surface area (Å²) < 4.78 is 5.15. The fourth-order valence-electron chi connectivity index (χ4n) is 1.53. The van der Waals surface area contributed by atoms with Gasteiger partial charge in [-0.2, -0.15) is 0 Å². The zero-order valence-corrected chi connectivity index (χ0v) is 11.5. The van der Waals surface area contributed by atoms with Crippen LogP contribution >= 0.6 is 0 Å². The molecule has 1 rings (SSSR count). The molecule has 5 nitrogen and oxygen atoms in total. The highest BCUT2D eigenvalue weighted by molar-refractivity contribution is 6.24. The SMILES string of the molecule is C=CCONC(CC)=C1C(=O)C=C(C(C)C)OC1=O. The lowest BCUT2D eigenvalue weighted by Crippen LogP contribution is -2.28. The molecule has 0 radical (unpaired) electrons. The van der Waals surface area contributed by atoms with Crippen LogP contribution in [-0.4, -0.2) is 18.4 Å². The van der Waals surface area contributed by atoms with Crippen LogP contribution < -0.4 is 5.48 Å². The molecule has 1 aliphatic rings. The van der Waals surface area contributed by atoms with E-state index in [4.69, 9.17) is 9.57 Å². The zero-order valence-electron chi connectivity index (χ0n) is 11.5. The first-order chi connectivity index (χ1) is 9.01. The maximum Gasteiger partial charge on any atom is 0.349 e. The highest BCUT2D eigenvalue weighted by atomic mass is 16.6. The maximum absolute atomic E-state index is 12.0. The van der Waals surface area contributed by atoms with E-state index in [1.54, 1.807) is 6.08 Å². The van der Waals surface area contributed by atoms with Crippen LogP contribution in [0.25, 0.3) is 0 Å². The Morgan fingerprint density at radius 3 is 2.68 bits per heavy atom. The quantitative estimate of drug-likeness (QED) is 0.199. The third kappa shape index (κ3) is 3.79. The Kier molecular flexibility index (Phi) is 5.51. The lowest BCUT2D eigenvalue weighted by Gasteiger charge is -2.19. The molecule has 1 heterocycles. The molecule has 0 fully saturated rings. The van der Waals surface area contributed by atoms with Crippen LogP contribution in [0.1, 0.15) is 27.2 Å². The standard InChI is InChI=1S/C14H19NO4/c1-5-7-18-15-10(6-2)13-11(16)8-12(9(3)4)19-14(13)17/h5,8-9,15H,1,6-7H2,2-4H3. The molecule has 0 atom stereocenters. The summed E-state index contributed by atoms with van der Waals surface area (Å²) in [6, 6.07) is 0. The van der Waals surface area contributed by atoms with Crippen molar-refractivity contribution in [2.45, 2.75) is 27.2 Å². The van der Waals surface area contributed by atoms with Gasteiger partial charge in [-0.1, -0.05) is 26.8 Å². The Labute approximate surface area is 112 Å². The summed E-state index contributed by atoms with van der Waals surface area (Å²) in [5.41, 5.74) is 3.01. The third-order valence-electron chi connectivity index (χ3n) is 2.56. The number of rotatable bonds is 6. The zero-order chi connectivity index (χ0) is 14.4. The number of hydroxylamine groups is 1. The number of cyclic esters (lactones) is 1. The van der Waals surface area contributed by atoms with E-state index in [1.165, 1.54) is 6.08 Å². The Bertz CT molecular complexity index is 446. The first-order valence-electron chi connectivity index (χ1n) is 6.21. The van der Waals surface area contributed by atoms with Gasteiger partial charge in [0, 0.05) is 12.0 Å². The number of nitrogens with one attached hydrogen (secondary N) is 1. The summed E-state index contributed by atoms with van der Waals surface area (Å²) in [6.07, 6.45) is 3.37. The van der Waals surface area contributed by atoms with Crippen molar-refractivity contribution in [3.8, 4) is 0 Å². The summed E-state index contributed by atoms with van der Waals surface area (Å²) in [5, 5.41) is 0. The molecule has 5 heteroatoms. The molecule has 0 saturated carbocycles. The van der Waals surface area contributed by atoms with Crippen LogP contribution in [0.2, 0.25) is 0 Å². The number of esters is 1. The molecule has 104 valence electrons. The van der Waals surface area contributed by atoms with Crippen LogP contribution in [0.5, 0.6) is 0 Å². The average molecular weight is 265 g/mol. The van der Waals surface area contributed by atoms with Gasteiger partial charge in [0.25, 0.3) is 0 Å².